The minimum absolute atomic E-state index is 0.487. The van der Waals surface area contributed by atoms with E-state index in [0.717, 1.165) is 18.0 Å². The molecule has 3 nitrogen and oxygen atoms in total. The normalized spacial score (nSPS) is 11.5. The number of anilines is 1. The third kappa shape index (κ3) is 3.49. The summed E-state index contributed by atoms with van der Waals surface area (Å²) in [5, 5.41) is 6.82. The Morgan fingerprint density at radius 2 is 2.15 bits per heavy atom. The molecule has 0 saturated heterocycles. The number of rotatable bonds is 3. The summed E-state index contributed by atoms with van der Waals surface area (Å²) in [6, 6.07) is 1.94. The smallest absolute Gasteiger partial charge is 0.224 e. The van der Waals surface area contributed by atoms with Gasteiger partial charge in [-0.15, -0.1) is 0 Å². The molecule has 0 bridgehead atoms. The van der Waals surface area contributed by atoms with Gasteiger partial charge in [-0.05, 0) is 6.42 Å². The molecule has 1 rings (SSSR count). The Bertz CT molecular complexity index is 220. The van der Waals surface area contributed by atoms with E-state index in [4.69, 9.17) is 4.52 Å². The van der Waals surface area contributed by atoms with Crippen LogP contribution in [0.1, 0.15) is 45.7 Å². The Labute approximate surface area is 80.5 Å². The summed E-state index contributed by atoms with van der Waals surface area (Å²) in [4.78, 5) is 0. The SMILES string of the molecule is CC.CCC(C)c1cc(NC)on1. The fraction of sp³-hybridized carbons (Fsp3) is 0.700. The van der Waals surface area contributed by atoms with Gasteiger partial charge in [-0.1, -0.05) is 32.9 Å². The van der Waals surface area contributed by atoms with Crippen molar-refractivity contribution in [3.05, 3.63) is 11.8 Å². The quantitative estimate of drug-likeness (QED) is 0.783. The summed E-state index contributed by atoms with van der Waals surface area (Å²) in [6.07, 6.45) is 1.09. The lowest BCUT2D eigenvalue weighted by molar-refractivity contribution is 0.418. The maximum absolute atomic E-state index is 4.98. The van der Waals surface area contributed by atoms with Crippen LogP contribution in [0.4, 0.5) is 5.88 Å². The second-order valence-corrected chi connectivity index (χ2v) is 2.68. The van der Waals surface area contributed by atoms with Gasteiger partial charge in [0.15, 0.2) is 0 Å². The minimum atomic E-state index is 0.487. The predicted octanol–water partition coefficient (Wildman–Crippen LogP) is 3.26. The zero-order valence-corrected chi connectivity index (χ0v) is 9.22. The maximum Gasteiger partial charge on any atom is 0.224 e. The van der Waals surface area contributed by atoms with Gasteiger partial charge in [0.1, 0.15) is 0 Å². The topological polar surface area (TPSA) is 38.1 Å². The van der Waals surface area contributed by atoms with Crippen molar-refractivity contribution >= 4 is 5.88 Å². The Balaban J connectivity index is 0.000000671. The molecule has 1 N–H and O–H groups in total. The molecule has 13 heavy (non-hydrogen) atoms. The average Bonchev–Trinajstić information content (AvgIpc) is 2.68. The fourth-order valence-electron chi connectivity index (χ4n) is 0.848. The number of hydrogen-bond donors (Lipinski definition) is 1. The van der Waals surface area contributed by atoms with Crippen molar-refractivity contribution in [3.8, 4) is 0 Å². The van der Waals surface area contributed by atoms with Gasteiger partial charge in [-0.25, -0.2) is 0 Å². The van der Waals surface area contributed by atoms with Gasteiger partial charge < -0.3 is 9.84 Å². The molecule has 0 aliphatic rings. The van der Waals surface area contributed by atoms with Crippen molar-refractivity contribution in [1.82, 2.24) is 5.16 Å². The molecule has 76 valence electrons. The highest BCUT2D eigenvalue weighted by Crippen LogP contribution is 2.19. The van der Waals surface area contributed by atoms with E-state index >= 15 is 0 Å². The molecular formula is C10H20N2O. The molecule has 0 fully saturated rings. The van der Waals surface area contributed by atoms with Gasteiger partial charge in [0.2, 0.25) is 5.88 Å². The summed E-state index contributed by atoms with van der Waals surface area (Å²) >= 11 is 0. The van der Waals surface area contributed by atoms with E-state index in [1.807, 2.05) is 27.0 Å². The first-order valence-electron chi connectivity index (χ1n) is 4.92. The summed E-state index contributed by atoms with van der Waals surface area (Å²) in [7, 11) is 1.82. The third-order valence-corrected chi connectivity index (χ3v) is 1.89. The average molecular weight is 184 g/mol. The van der Waals surface area contributed by atoms with Crippen LogP contribution in [-0.2, 0) is 0 Å². The third-order valence-electron chi connectivity index (χ3n) is 1.89. The molecule has 0 aromatic carbocycles. The first kappa shape index (κ1) is 12.0. The van der Waals surface area contributed by atoms with Crippen molar-refractivity contribution < 1.29 is 4.52 Å². The number of hydrogen-bond acceptors (Lipinski definition) is 3. The van der Waals surface area contributed by atoms with E-state index in [2.05, 4.69) is 24.3 Å². The number of aromatic nitrogens is 1. The van der Waals surface area contributed by atoms with Crippen LogP contribution in [0.25, 0.3) is 0 Å². The van der Waals surface area contributed by atoms with Crippen molar-refractivity contribution in [1.29, 1.82) is 0 Å². The standard InChI is InChI=1S/C8H14N2O.C2H6/c1-4-6(2)7-5-8(9-3)11-10-7;1-2/h5-6,9H,4H2,1-3H3;1-2H3. The van der Waals surface area contributed by atoms with Crippen LogP contribution < -0.4 is 5.32 Å². The second kappa shape index (κ2) is 6.52. The van der Waals surface area contributed by atoms with Crippen LogP contribution in [0.2, 0.25) is 0 Å². The first-order chi connectivity index (χ1) is 6.27. The lowest BCUT2D eigenvalue weighted by Crippen LogP contribution is -1.89. The molecule has 0 radical (unpaired) electrons. The highest BCUT2D eigenvalue weighted by atomic mass is 16.5. The highest BCUT2D eigenvalue weighted by molar-refractivity contribution is 5.31. The molecule has 1 aromatic heterocycles. The minimum Gasteiger partial charge on any atom is -0.357 e. The molecule has 1 aromatic rings. The lowest BCUT2D eigenvalue weighted by Gasteiger charge is -1.99. The van der Waals surface area contributed by atoms with Crippen LogP contribution in [0.3, 0.4) is 0 Å². The molecule has 3 heteroatoms. The largest absolute Gasteiger partial charge is 0.357 e. The zero-order chi connectivity index (χ0) is 10.3. The molecular weight excluding hydrogens is 164 g/mol. The zero-order valence-electron chi connectivity index (χ0n) is 9.22. The van der Waals surface area contributed by atoms with Crippen molar-refractivity contribution in [2.24, 2.45) is 0 Å². The van der Waals surface area contributed by atoms with E-state index in [1.165, 1.54) is 0 Å². The maximum atomic E-state index is 4.98. The number of nitrogens with zero attached hydrogens (tertiary/aromatic N) is 1. The Morgan fingerprint density at radius 1 is 1.54 bits per heavy atom. The second-order valence-electron chi connectivity index (χ2n) is 2.68. The Kier molecular flexibility index (Phi) is 6.02. The first-order valence-corrected chi connectivity index (χ1v) is 4.92. The van der Waals surface area contributed by atoms with Gasteiger partial charge in [0.05, 0.1) is 5.69 Å². The monoisotopic (exact) mass is 184 g/mol. The van der Waals surface area contributed by atoms with Crippen LogP contribution >= 0.6 is 0 Å². The Hall–Kier alpha value is -0.990. The van der Waals surface area contributed by atoms with E-state index in [-0.39, 0.29) is 0 Å². The molecule has 1 atom stereocenters. The molecule has 1 unspecified atom stereocenters. The molecule has 0 aliphatic carbocycles. The van der Waals surface area contributed by atoms with Crippen molar-refractivity contribution in [3.63, 3.8) is 0 Å². The summed E-state index contributed by atoms with van der Waals surface area (Å²) in [6.45, 7) is 8.27. The molecule has 0 spiro atoms. The lowest BCUT2D eigenvalue weighted by atomic mass is 10.1. The van der Waals surface area contributed by atoms with Crippen LogP contribution in [0, 0.1) is 0 Å². The highest BCUT2D eigenvalue weighted by Gasteiger charge is 2.08. The fourth-order valence-corrected chi connectivity index (χ4v) is 0.848. The van der Waals surface area contributed by atoms with E-state index in [9.17, 15) is 0 Å². The molecule has 0 aliphatic heterocycles. The van der Waals surface area contributed by atoms with Crippen LogP contribution in [-0.4, -0.2) is 12.2 Å². The van der Waals surface area contributed by atoms with Gasteiger partial charge in [-0.2, -0.15) is 0 Å². The Morgan fingerprint density at radius 3 is 2.54 bits per heavy atom. The van der Waals surface area contributed by atoms with Gasteiger partial charge in [0, 0.05) is 19.0 Å². The van der Waals surface area contributed by atoms with E-state index in [1.54, 1.807) is 0 Å². The summed E-state index contributed by atoms with van der Waals surface area (Å²) < 4.78 is 4.98. The molecule has 0 amide bonds. The van der Waals surface area contributed by atoms with Gasteiger partial charge >= 0.3 is 0 Å². The molecule has 0 saturated carbocycles. The van der Waals surface area contributed by atoms with Crippen molar-refractivity contribution in [2.75, 3.05) is 12.4 Å². The number of nitrogens with one attached hydrogen (secondary N) is 1. The van der Waals surface area contributed by atoms with Crippen LogP contribution in [0.5, 0.6) is 0 Å². The summed E-state index contributed by atoms with van der Waals surface area (Å²) in [5.74, 6) is 1.22. The predicted molar refractivity (Wildman–Crippen MR) is 56.1 cm³/mol. The van der Waals surface area contributed by atoms with E-state index < -0.39 is 0 Å². The van der Waals surface area contributed by atoms with Gasteiger partial charge in [0.25, 0.3) is 0 Å². The van der Waals surface area contributed by atoms with Crippen molar-refractivity contribution in [2.45, 2.75) is 40.0 Å². The summed E-state index contributed by atoms with van der Waals surface area (Å²) in [5.41, 5.74) is 1.02. The van der Waals surface area contributed by atoms with E-state index in [0.29, 0.717) is 5.92 Å². The molecule has 1 heterocycles. The van der Waals surface area contributed by atoms with Gasteiger partial charge in [-0.3, -0.25) is 0 Å². The van der Waals surface area contributed by atoms with Crippen LogP contribution in [0.15, 0.2) is 10.6 Å².